The molecule has 0 spiro atoms. The van der Waals surface area contributed by atoms with Crippen molar-refractivity contribution >= 4 is 73.4 Å². The molecule has 0 aliphatic carbocycles. The van der Waals surface area contributed by atoms with Crippen molar-refractivity contribution in [3.05, 3.63) is 0 Å². The summed E-state index contributed by atoms with van der Waals surface area (Å²) < 4.78 is 87.7. The van der Waals surface area contributed by atoms with Crippen LogP contribution in [0.15, 0.2) is 0 Å². The molecule has 107 heavy (non-hydrogen) atoms. The molecule has 2 fully saturated rings. The maximum atomic E-state index is 14.8. The first kappa shape index (κ1) is 97.2. The summed E-state index contributed by atoms with van der Waals surface area (Å²) in [5.41, 5.74) is 0. The van der Waals surface area contributed by atoms with Crippen molar-refractivity contribution in [2.24, 2.45) is 0 Å². The van der Waals surface area contributed by atoms with Gasteiger partial charge in [0.05, 0.1) is 39.0 Å². The number of methoxy groups -OCH3 is 1. The van der Waals surface area contributed by atoms with Crippen LogP contribution in [-0.4, -0.2) is 186 Å². The van der Waals surface area contributed by atoms with Crippen molar-refractivity contribution < 1.29 is 134 Å². The summed E-state index contributed by atoms with van der Waals surface area (Å²) in [6, 6.07) is -3.83. The standard InChI is InChI=1S/C76H131N2O28P/c1-11-15-19-23-25-27-29-31-33-37-41-45-65(86)101-58(43-39-35-21-17-13-3)47-63(84)77-69-72(104-67(88)48-59(44-40-36-22-18-14-4)102-66(87)46-42-38-34-32-30-28-26-24-20-16-12-2)71(106-107(91,92)93)62(103-74(69)89)51-97-76(75(90)94-10)49-60(98-55(7)81)68(78-64(85)52-96-54(6)80)73(105-76)70(100-57(9)83)61(99-56(8)82)50-95-53(5)79/h58-62,68-74,89H,11-52H2,1-10H3,(H,77,84)(H,78,85)(H2,91,92,93)/t58-,59-,60+,61-,62-,68-,69-,70-,71-,72-,73-,74?,76-/m1/s1. The number of phosphoric acid groups is 1. The van der Waals surface area contributed by atoms with Gasteiger partial charge in [-0.3, -0.25) is 52.5 Å². The maximum Gasteiger partial charge on any atom is 0.470 e. The Balaban J connectivity index is 2.87. The second-order valence-corrected chi connectivity index (χ2v) is 29.4. The Kier molecular flexibility index (Phi) is 51.2. The number of aliphatic hydroxyl groups is 1. The van der Waals surface area contributed by atoms with Crippen molar-refractivity contribution in [2.75, 3.05) is 26.9 Å². The summed E-state index contributed by atoms with van der Waals surface area (Å²) in [4.78, 5) is 170. The molecule has 0 aromatic carbocycles. The van der Waals surface area contributed by atoms with Crippen LogP contribution in [0, 0.1) is 0 Å². The lowest BCUT2D eigenvalue weighted by molar-refractivity contribution is -0.329. The fourth-order valence-corrected chi connectivity index (χ4v) is 13.7. The van der Waals surface area contributed by atoms with Gasteiger partial charge in [-0.25, -0.2) is 9.36 Å². The zero-order valence-corrected chi connectivity index (χ0v) is 66.5. The maximum absolute atomic E-state index is 14.8. The number of carbonyl (C=O) groups is 11. The number of aliphatic hydroxyl groups excluding tert-OH is 1. The molecule has 2 rings (SSSR count). The zero-order valence-electron chi connectivity index (χ0n) is 65.6. The smallest absolute Gasteiger partial charge is 0.465 e. The molecule has 2 amide bonds. The Morgan fingerprint density at radius 3 is 1.36 bits per heavy atom. The second kappa shape index (κ2) is 56.4. The molecule has 0 aromatic rings. The first-order valence-electron chi connectivity index (χ1n) is 39.4. The van der Waals surface area contributed by atoms with Crippen molar-refractivity contribution in [2.45, 2.75) is 392 Å². The lowest BCUT2D eigenvalue weighted by atomic mass is 9.87. The van der Waals surface area contributed by atoms with E-state index in [-0.39, 0.29) is 25.7 Å². The van der Waals surface area contributed by atoms with E-state index in [1.165, 1.54) is 64.2 Å². The van der Waals surface area contributed by atoms with Gasteiger partial charge in [0.15, 0.2) is 31.2 Å². The highest BCUT2D eigenvalue weighted by atomic mass is 31.2. The van der Waals surface area contributed by atoms with Crippen molar-refractivity contribution in [1.82, 2.24) is 10.6 Å². The molecule has 13 atom stereocenters. The van der Waals surface area contributed by atoms with Crippen LogP contribution in [0.25, 0.3) is 0 Å². The molecule has 5 N–H and O–H groups in total. The van der Waals surface area contributed by atoms with Gasteiger partial charge in [0.25, 0.3) is 11.7 Å². The first-order valence-corrected chi connectivity index (χ1v) is 41.0. The van der Waals surface area contributed by atoms with Gasteiger partial charge in [-0.1, -0.05) is 207 Å². The van der Waals surface area contributed by atoms with E-state index in [4.69, 9.17) is 61.4 Å². The summed E-state index contributed by atoms with van der Waals surface area (Å²) in [5, 5.41) is 17.3. The number of phosphoric ester groups is 1. The largest absolute Gasteiger partial charge is 0.470 e. The first-order chi connectivity index (χ1) is 51.0. The minimum atomic E-state index is -5.87. The van der Waals surface area contributed by atoms with Crippen LogP contribution in [0.4, 0.5) is 0 Å². The highest BCUT2D eigenvalue weighted by Gasteiger charge is 2.61. The van der Waals surface area contributed by atoms with Crippen LogP contribution in [0.5, 0.6) is 0 Å². The second-order valence-electron chi connectivity index (χ2n) is 28.2. The van der Waals surface area contributed by atoms with Crippen LogP contribution in [-0.2, 0) is 119 Å². The van der Waals surface area contributed by atoms with Crippen LogP contribution in [0.3, 0.4) is 0 Å². The number of unbranched alkanes of at least 4 members (excludes halogenated alkanes) is 28. The van der Waals surface area contributed by atoms with Gasteiger partial charge in [-0.15, -0.1) is 0 Å². The molecular weight excluding hydrogens is 1420 g/mol. The van der Waals surface area contributed by atoms with Crippen molar-refractivity contribution in [1.29, 1.82) is 0 Å². The number of rotatable bonds is 60. The number of nitrogens with one attached hydrogen (secondary N) is 2. The number of ether oxygens (including phenoxy) is 12. The SMILES string of the molecule is CCCCCCCCCCCCCC(=O)O[C@H](CCCCCCC)CC(=O)N[C@H]1C(O)O[C@H](CO[C@]2(C(=O)OC)C[C@H](OC(C)=O)[C@@H](NC(=O)COC(C)=O)[C@H]([C@H](OC(C)=O)[C@@H](COC(C)=O)OC(C)=O)O2)[C@@H](OP(=O)(O)O)[C@@H]1OC(=O)C[C@@H](CCCCCCC)OC(=O)CCCCCCCCCCCCC. The Morgan fingerprint density at radius 2 is 0.935 bits per heavy atom. The monoisotopic (exact) mass is 1550 g/mol. The third-order valence-electron chi connectivity index (χ3n) is 18.5. The van der Waals surface area contributed by atoms with E-state index in [1.54, 1.807) is 0 Å². The summed E-state index contributed by atoms with van der Waals surface area (Å²) >= 11 is 0. The average molecular weight is 1550 g/mol. The fourth-order valence-electron chi connectivity index (χ4n) is 13.1. The molecule has 0 aromatic heterocycles. The lowest BCUT2D eigenvalue weighted by Crippen LogP contribution is -2.70. The van der Waals surface area contributed by atoms with Crippen LogP contribution < -0.4 is 10.6 Å². The quantitative estimate of drug-likeness (QED) is 0.0163. The van der Waals surface area contributed by atoms with Crippen molar-refractivity contribution in [3.8, 4) is 0 Å². The highest BCUT2D eigenvalue weighted by Crippen LogP contribution is 2.44. The number of amides is 2. The Labute approximate surface area is 633 Å². The fraction of sp³-hybridized carbons (Fsp3) is 0.855. The van der Waals surface area contributed by atoms with Gasteiger partial charge >= 0.3 is 61.5 Å². The highest BCUT2D eigenvalue weighted by molar-refractivity contribution is 7.46. The molecule has 30 nitrogen and oxygen atoms in total. The Hall–Kier alpha value is -5.88. The van der Waals surface area contributed by atoms with Gasteiger partial charge in [0, 0.05) is 47.5 Å². The molecule has 618 valence electrons. The summed E-state index contributed by atoms with van der Waals surface area (Å²) in [6.45, 7) is 10.1. The van der Waals surface area contributed by atoms with E-state index in [0.717, 1.165) is 151 Å². The van der Waals surface area contributed by atoms with E-state index in [9.17, 15) is 72.2 Å². The van der Waals surface area contributed by atoms with E-state index in [1.807, 2.05) is 6.92 Å². The predicted molar refractivity (Wildman–Crippen MR) is 390 cm³/mol. The van der Waals surface area contributed by atoms with Crippen LogP contribution in [0.1, 0.15) is 313 Å². The molecule has 0 radical (unpaired) electrons. The zero-order chi connectivity index (χ0) is 79.6. The molecule has 0 saturated carbocycles. The normalized spacial score (nSPS) is 21.1. The van der Waals surface area contributed by atoms with Crippen molar-refractivity contribution in [3.63, 3.8) is 0 Å². The Bertz CT molecular complexity index is 2660. The average Bonchev–Trinajstić information content (AvgIpc) is 0.756. The van der Waals surface area contributed by atoms with Gasteiger partial charge in [-0.05, 0) is 38.5 Å². The third kappa shape index (κ3) is 43.3. The molecule has 2 saturated heterocycles. The van der Waals surface area contributed by atoms with Crippen LogP contribution in [0.2, 0.25) is 0 Å². The molecule has 1 unspecified atom stereocenters. The minimum absolute atomic E-state index is 0.0446. The summed E-state index contributed by atoms with van der Waals surface area (Å²) in [7, 11) is -5.02. The number of esters is 9. The van der Waals surface area contributed by atoms with E-state index < -0.39 is 192 Å². The topological polar surface area (TPSA) is 410 Å². The molecule has 31 heteroatoms. The summed E-state index contributed by atoms with van der Waals surface area (Å²) in [5.74, 6) is -14.0. The molecule has 2 heterocycles. The van der Waals surface area contributed by atoms with E-state index >= 15 is 0 Å². The molecule has 2 aliphatic rings. The number of carbonyl (C=O) groups excluding carboxylic acids is 11. The number of hydrogen-bond acceptors (Lipinski definition) is 26. The lowest BCUT2D eigenvalue weighted by Gasteiger charge is -2.49. The molecule has 0 bridgehead atoms. The summed E-state index contributed by atoms with van der Waals surface area (Å²) in [6.07, 6.45) is 10.1. The predicted octanol–water partition coefficient (Wildman–Crippen LogP) is 11.4. The molecular formula is C76H131N2O28P. The third-order valence-corrected chi connectivity index (χ3v) is 19.0. The van der Waals surface area contributed by atoms with E-state index in [2.05, 4.69) is 31.4 Å². The van der Waals surface area contributed by atoms with Crippen LogP contribution >= 0.6 is 7.82 Å². The van der Waals surface area contributed by atoms with E-state index in [0.29, 0.717) is 32.1 Å². The van der Waals surface area contributed by atoms with Gasteiger partial charge < -0.3 is 82.4 Å². The van der Waals surface area contributed by atoms with Gasteiger partial charge in [0.2, 0.25) is 5.91 Å². The molecule has 2 aliphatic heterocycles. The van der Waals surface area contributed by atoms with Gasteiger partial charge in [-0.2, -0.15) is 0 Å². The Morgan fingerprint density at radius 1 is 0.495 bits per heavy atom. The minimum Gasteiger partial charge on any atom is -0.465 e. The number of hydrogen-bond donors (Lipinski definition) is 5. The van der Waals surface area contributed by atoms with Gasteiger partial charge in [0.1, 0.15) is 49.3 Å².